The number of aromatic nitrogens is 1. The summed E-state index contributed by atoms with van der Waals surface area (Å²) in [6.45, 7) is 7.01. The summed E-state index contributed by atoms with van der Waals surface area (Å²) in [4.78, 5) is 17.1. The van der Waals surface area contributed by atoms with Crippen LogP contribution in [0.25, 0.3) is 0 Å². The fraction of sp³-hybridized carbons (Fsp3) is 0.714. The summed E-state index contributed by atoms with van der Waals surface area (Å²) in [5.41, 5.74) is 3.68. The monoisotopic (exact) mass is 342 g/mol. The van der Waals surface area contributed by atoms with E-state index in [2.05, 4.69) is 19.2 Å². The molecule has 0 saturated heterocycles. The second-order valence-electron chi connectivity index (χ2n) is 8.88. The van der Waals surface area contributed by atoms with Crippen LogP contribution in [0.15, 0.2) is 6.20 Å². The third kappa shape index (κ3) is 3.04. The van der Waals surface area contributed by atoms with E-state index in [-0.39, 0.29) is 5.97 Å². The van der Waals surface area contributed by atoms with Crippen molar-refractivity contribution in [2.45, 2.75) is 83.6 Å². The first kappa shape index (κ1) is 16.9. The molecule has 3 atom stereocenters. The highest BCUT2D eigenvalue weighted by Crippen LogP contribution is 2.56. The fourth-order valence-electron chi connectivity index (χ4n) is 5.40. The molecule has 2 saturated carbocycles. The SMILES string of the molecule is CCOC(=O)c1cnc(NC2CCCC(C)(C)C2)c2c1C1CCC2C1. The van der Waals surface area contributed by atoms with Crippen molar-refractivity contribution >= 4 is 11.8 Å². The Morgan fingerprint density at radius 2 is 2.04 bits per heavy atom. The van der Waals surface area contributed by atoms with Gasteiger partial charge in [0.2, 0.25) is 0 Å². The molecule has 4 heteroatoms. The van der Waals surface area contributed by atoms with Gasteiger partial charge >= 0.3 is 5.97 Å². The predicted octanol–water partition coefficient (Wildman–Crippen LogP) is 5.00. The first-order valence-electron chi connectivity index (χ1n) is 9.95. The average molecular weight is 342 g/mol. The molecule has 4 nitrogen and oxygen atoms in total. The van der Waals surface area contributed by atoms with Crippen LogP contribution in [0.2, 0.25) is 0 Å². The lowest BCUT2D eigenvalue weighted by Crippen LogP contribution is -2.32. The maximum Gasteiger partial charge on any atom is 0.339 e. The number of hydrogen-bond acceptors (Lipinski definition) is 4. The van der Waals surface area contributed by atoms with Gasteiger partial charge in [-0.15, -0.1) is 0 Å². The van der Waals surface area contributed by atoms with Crippen molar-refractivity contribution in [1.29, 1.82) is 0 Å². The first-order chi connectivity index (χ1) is 12.0. The molecule has 0 amide bonds. The van der Waals surface area contributed by atoms with Crippen molar-refractivity contribution in [2.75, 3.05) is 11.9 Å². The zero-order valence-electron chi connectivity index (χ0n) is 15.7. The van der Waals surface area contributed by atoms with Gasteiger partial charge in [0.15, 0.2) is 0 Å². The van der Waals surface area contributed by atoms with Crippen LogP contribution in [-0.4, -0.2) is 23.6 Å². The van der Waals surface area contributed by atoms with Crippen LogP contribution in [0.3, 0.4) is 0 Å². The Kier molecular flexibility index (Phi) is 4.25. The Balaban J connectivity index is 1.65. The van der Waals surface area contributed by atoms with Crippen molar-refractivity contribution in [2.24, 2.45) is 5.41 Å². The van der Waals surface area contributed by atoms with E-state index in [1.54, 1.807) is 6.20 Å². The van der Waals surface area contributed by atoms with Crippen molar-refractivity contribution in [3.8, 4) is 0 Å². The number of hydrogen-bond donors (Lipinski definition) is 1. The van der Waals surface area contributed by atoms with Crippen LogP contribution >= 0.6 is 0 Å². The third-order valence-corrected chi connectivity index (χ3v) is 6.45. The van der Waals surface area contributed by atoms with Gasteiger partial charge in [-0.3, -0.25) is 0 Å². The molecule has 3 aliphatic carbocycles. The lowest BCUT2D eigenvalue weighted by Gasteiger charge is -2.36. The van der Waals surface area contributed by atoms with Gasteiger partial charge in [-0.2, -0.15) is 0 Å². The maximum absolute atomic E-state index is 12.4. The highest BCUT2D eigenvalue weighted by Gasteiger charge is 2.42. The number of rotatable bonds is 4. The van der Waals surface area contributed by atoms with Crippen LogP contribution in [0.5, 0.6) is 0 Å². The summed E-state index contributed by atoms with van der Waals surface area (Å²) < 4.78 is 5.28. The summed E-state index contributed by atoms with van der Waals surface area (Å²) in [6, 6.07) is 0.493. The number of ether oxygens (including phenoxy) is 1. The van der Waals surface area contributed by atoms with Crippen LogP contribution in [0, 0.1) is 5.41 Å². The molecule has 0 aromatic carbocycles. The van der Waals surface area contributed by atoms with E-state index in [0.717, 1.165) is 5.82 Å². The molecule has 2 fully saturated rings. The molecule has 0 spiro atoms. The normalized spacial score (nSPS) is 29.3. The molecule has 136 valence electrons. The number of fused-ring (bicyclic) bond motifs is 5. The van der Waals surface area contributed by atoms with Gasteiger partial charge in [0.25, 0.3) is 0 Å². The van der Waals surface area contributed by atoms with E-state index in [0.29, 0.717) is 35.5 Å². The molecule has 3 unspecified atom stereocenters. The molecular weight excluding hydrogens is 312 g/mol. The smallest absolute Gasteiger partial charge is 0.339 e. The zero-order chi connectivity index (χ0) is 17.6. The van der Waals surface area contributed by atoms with Gasteiger partial charge in [0, 0.05) is 17.8 Å². The van der Waals surface area contributed by atoms with Crippen molar-refractivity contribution in [1.82, 2.24) is 4.98 Å². The molecule has 3 aliphatic rings. The lowest BCUT2D eigenvalue weighted by molar-refractivity contribution is 0.0524. The molecule has 2 bridgehead atoms. The maximum atomic E-state index is 12.4. The molecule has 4 rings (SSSR count). The summed E-state index contributed by atoms with van der Waals surface area (Å²) in [7, 11) is 0. The molecule has 1 aromatic heterocycles. The fourth-order valence-corrected chi connectivity index (χ4v) is 5.40. The largest absolute Gasteiger partial charge is 0.462 e. The molecule has 1 N–H and O–H groups in total. The van der Waals surface area contributed by atoms with Crippen LogP contribution < -0.4 is 5.32 Å². The quantitative estimate of drug-likeness (QED) is 0.782. The second kappa shape index (κ2) is 6.30. The van der Waals surface area contributed by atoms with Crippen molar-refractivity contribution in [3.05, 3.63) is 22.9 Å². The highest BCUT2D eigenvalue weighted by atomic mass is 16.5. The van der Waals surface area contributed by atoms with Gasteiger partial charge < -0.3 is 10.1 Å². The second-order valence-corrected chi connectivity index (χ2v) is 8.88. The number of nitrogens with one attached hydrogen (secondary N) is 1. The standard InChI is InChI=1S/C21H30N2O2/c1-4-25-20(24)16-12-22-19(18-14-8-7-13(10-14)17(16)18)23-15-6-5-9-21(2,3)11-15/h12-15H,4-11H2,1-3H3,(H,22,23). The van der Waals surface area contributed by atoms with Crippen LogP contribution in [0.1, 0.15) is 99.0 Å². The van der Waals surface area contributed by atoms with Crippen molar-refractivity contribution in [3.63, 3.8) is 0 Å². The van der Waals surface area contributed by atoms with E-state index in [4.69, 9.17) is 9.72 Å². The summed E-state index contributed by atoms with van der Waals surface area (Å²) in [5.74, 6) is 1.92. The lowest BCUT2D eigenvalue weighted by atomic mass is 9.75. The van der Waals surface area contributed by atoms with Crippen LogP contribution in [-0.2, 0) is 4.74 Å². The highest BCUT2D eigenvalue weighted by molar-refractivity contribution is 5.92. The molecular formula is C21H30N2O2. The summed E-state index contributed by atoms with van der Waals surface area (Å²) in [5, 5.41) is 3.76. The summed E-state index contributed by atoms with van der Waals surface area (Å²) >= 11 is 0. The third-order valence-electron chi connectivity index (χ3n) is 6.45. The zero-order valence-corrected chi connectivity index (χ0v) is 15.7. The van der Waals surface area contributed by atoms with Gasteiger partial charge in [-0.05, 0) is 68.3 Å². The Labute approximate surface area is 150 Å². The van der Waals surface area contributed by atoms with E-state index >= 15 is 0 Å². The number of nitrogens with zero attached hydrogens (tertiary/aromatic N) is 1. The average Bonchev–Trinajstić information content (AvgIpc) is 3.16. The Morgan fingerprint density at radius 1 is 1.28 bits per heavy atom. The Morgan fingerprint density at radius 3 is 2.76 bits per heavy atom. The minimum absolute atomic E-state index is 0.204. The van der Waals surface area contributed by atoms with E-state index < -0.39 is 0 Å². The topological polar surface area (TPSA) is 51.2 Å². The van der Waals surface area contributed by atoms with Crippen molar-refractivity contribution < 1.29 is 9.53 Å². The molecule has 1 heterocycles. The predicted molar refractivity (Wildman–Crippen MR) is 99.2 cm³/mol. The molecule has 1 aromatic rings. The van der Waals surface area contributed by atoms with E-state index in [9.17, 15) is 4.79 Å². The molecule has 25 heavy (non-hydrogen) atoms. The van der Waals surface area contributed by atoms with Gasteiger partial charge in [0.1, 0.15) is 5.82 Å². The summed E-state index contributed by atoms with van der Waals surface area (Å²) in [6.07, 6.45) is 10.4. The van der Waals surface area contributed by atoms with Gasteiger partial charge in [-0.25, -0.2) is 9.78 Å². The van der Waals surface area contributed by atoms with Crippen LogP contribution in [0.4, 0.5) is 5.82 Å². The first-order valence-corrected chi connectivity index (χ1v) is 9.95. The number of anilines is 1. The number of pyridine rings is 1. The molecule has 0 aliphatic heterocycles. The number of esters is 1. The van der Waals surface area contributed by atoms with E-state index in [1.165, 1.54) is 56.1 Å². The van der Waals surface area contributed by atoms with E-state index in [1.807, 2.05) is 6.92 Å². The van der Waals surface area contributed by atoms with Gasteiger partial charge in [-0.1, -0.05) is 20.3 Å². The molecule has 0 radical (unpaired) electrons. The number of carbonyl (C=O) groups excluding carboxylic acids is 1. The Bertz CT molecular complexity index is 683. The van der Waals surface area contributed by atoms with Gasteiger partial charge in [0.05, 0.1) is 12.2 Å². The minimum atomic E-state index is -0.204. The number of carbonyl (C=O) groups is 1. The Hall–Kier alpha value is -1.58. The minimum Gasteiger partial charge on any atom is -0.462 e.